The highest BCUT2D eigenvalue weighted by atomic mass is 16.5. The van der Waals surface area contributed by atoms with E-state index in [0.717, 1.165) is 23.1 Å². The van der Waals surface area contributed by atoms with Crippen molar-refractivity contribution in [3.05, 3.63) is 65.9 Å². The third kappa shape index (κ3) is 2.62. The zero-order valence-corrected chi connectivity index (χ0v) is 11.4. The van der Waals surface area contributed by atoms with Gasteiger partial charge in [-0.1, -0.05) is 42.5 Å². The van der Waals surface area contributed by atoms with Gasteiger partial charge in [-0.15, -0.1) is 0 Å². The fourth-order valence-corrected chi connectivity index (χ4v) is 2.18. The number of aromatic nitrogens is 2. The van der Waals surface area contributed by atoms with Gasteiger partial charge >= 0.3 is 0 Å². The maximum absolute atomic E-state index is 5.64. The molecule has 0 aliphatic heterocycles. The summed E-state index contributed by atoms with van der Waals surface area (Å²) < 4.78 is 5.64. The summed E-state index contributed by atoms with van der Waals surface area (Å²) in [4.78, 5) is 9.28. The van der Waals surface area contributed by atoms with Crippen LogP contribution in [0.15, 0.2) is 54.6 Å². The van der Waals surface area contributed by atoms with Crippen molar-refractivity contribution < 1.29 is 4.74 Å². The minimum absolute atomic E-state index is 0.592. The minimum Gasteiger partial charge on any atom is -0.477 e. The Bertz CT molecular complexity index is 711. The lowest BCUT2D eigenvalue weighted by molar-refractivity contribution is 0.323. The van der Waals surface area contributed by atoms with E-state index in [-0.39, 0.29) is 0 Å². The average Bonchev–Trinajstić information content (AvgIpc) is 2.49. The van der Waals surface area contributed by atoms with E-state index in [1.54, 1.807) is 0 Å². The molecule has 20 heavy (non-hydrogen) atoms. The first-order valence-corrected chi connectivity index (χ1v) is 6.79. The van der Waals surface area contributed by atoms with Gasteiger partial charge in [-0.3, -0.25) is 0 Å². The van der Waals surface area contributed by atoms with Gasteiger partial charge in [-0.25, -0.2) is 9.97 Å². The molecule has 0 saturated carbocycles. The molecule has 1 aromatic heterocycles. The summed E-state index contributed by atoms with van der Waals surface area (Å²) in [6.07, 6.45) is 0.730. The lowest BCUT2D eigenvalue weighted by Gasteiger charge is -2.10. The second-order valence-corrected chi connectivity index (χ2v) is 4.56. The first-order valence-electron chi connectivity index (χ1n) is 6.79. The fraction of sp³-hybridized carbons (Fsp3) is 0.176. The molecule has 3 heteroatoms. The molecule has 1 heterocycles. The highest BCUT2D eigenvalue weighted by Crippen LogP contribution is 2.21. The number of ether oxygens (including phenoxy) is 1. The van der Waals surface area contributed by atoms with Crippen LogP contribution in [-0.4, -0.2) is 16.6 Å². The molecule has 0 saturated heterocycles. The maximum atomic E-state index is 5.64. The fourth-order valence-electron chi connectivity index (χ4n) is 2.18. The second kappa shape index (κ2) is 5.70. The van der Waals surface area contributed by atoms with Crippen LogP contribution in [0.1, 0.15) is 18.2 Å². The number of fused-ring (bicyclic) bond motifs is 1. The van der Waals surface area contributed by atoms with Crippen molar-refractivity contribution in [2.45, 2.75) is 13.3 Å². The summed E-state index contributed by atoms with van der Waals surface area (Å²) in [5, 5.41) is 0. The van der Waals surface area contributed by atoms with E-state index in [2.05, 4.69) is 17.1 Å². The molecule has 3 aromatic rings. The van der Waals surface area contributed by atoms with Crippen molar-refractivity contribution in [1.29, 1.82) is 0 Å². The Morgan fingerprint density at radius 2 is 1.50 bits per heavy atom. The largest absolute Gasteiger partial charge is 0.477 e. The van der Waals surface area contributed by atoms with Gasteiger partial charge in [0.15, 0.2) is 0 Å². The van der Waals surface area contributed by atoms with E-state index >= 15 is 0 Å². The maximum Gasteiger partial charge on any atom is 0.236 e. The predicted molar refractivity (Wildman–Crippen MR) is 80.0 cm³/mol. The highest BCUT2D eigenvalue weighted by molar-refractivity contribution is 5.74. The second-order valence-electron chi connectivity index (χ2n) is 4.56. The van der Waals surface area contributed by atoms with Gasteiger partial charge in [-0.2, -0.15) is 0 Å². The van der Waals surface area contributed by atoms with Gasteiger partial charge in [0.05, 0.1) is 17.6 Å². The van der Waals surface area contributed by atoms with Crippen molar-refractivity contribution in [3.8, 4) is 5.88 Å². The molecule has 3 nitrogen and oxygen atoms in total. The summed E-state index contributed by atoms with van der Waals surface area (Å²) in [5.41, 5.74) is 3.87. The quantitative estimate of drug-likeness (QED) is 0.722. The van der Waals surface area contributed by atoms with E-state index in [0.29, 0.717) is 12.5 Å². The zero-order chi connectivity index (χ0) is 13.8. The zero-order valence-electron chi connectivity index (χ0n) is 11.4. The summed E-state index contributed by atoms with van der Waals surface area (Å²) in [5.74, 6) is 0.634. The topological polar surface area (TPSA) is 35.0 Å². The summed E-state index contributed by atoms with van der Waals surface area (Å²) >= 11 is 0. The number of rotatable bonds is 4. The van der Waals surface area contributed by atoms with Crippen molar-refractivity contribution in [3.63, 3.8) is 0 Å². The van der Waals surface area contributed by atoms with Crippen LogP contribution in [0, 0.1) is 0 Å². The molecule has 0 N–H and O–H groups in total. The SMILES string of the molecule is CCOc1nc2ccccc2nc1Cc1ccccc1. The minimum atomic E-state index is 0.592. The van der Waals surface area contributed by atoms with Crippen LogP contribution in [0.2, 0.25) is 0 Å². The molecule has 0 bridgehead atoms. The van der Waals surface area contributed by atoms with Crippen LogP contribution in [0.3, 0.4) is 0 Å². The molecule has 0 fully saturated rings. The Hall–Kier alpha value is -2.42. The molecule has 0 aliphatic carbocycles. The predicted octanol–water partition coefficient (Wildman–Crippen LogP) is 3.62. The molecule has 0 spiro atoms. The smallest absolute Gasteiger partial charge is 0.236 e. The molecule has 100 valence electrons. The lowest BCUT2D eigenvalue weighted by atomic mass is 10.1. The van der Waals surface area contributed by atoms with Crippen LogP contribution in [0.5, 0.6) is 5.88 Å². The first kappa shape index (κ1) is 12.6. The van der Waals surface area contributed by atoms with Crippen molar-refractivity contribution in [2.24, 2.45) is 0 Å². The highest BCUT2D eigenvalue weighted by Gasteiger charge is 2.10. The van der Waals surface area contributed by atoms with Gasteiger partial charge in [0.1, 0.15) is 5.69 Å². The van der Waals surface area contributed by atoms with Gasteiger partial charge < -0.3 is 4.74 Å². The Balaban J connectivity index is 2.05. The Morgan fingerprint density at radius 3 is 2.20 bits per heavy atom. The Morgan fingerprint density at radius 1 is 0.850 bits per heavy atom. The number of para-hydroxylation sites is 2. The third-order valence-electron chi connectivity index (χ3n) is 3.10. The lowest BCUT2D eigenvalue weighted by Crippen LogP contribution is -2.03. The standard InChI is InChI=1S/C17H16N2O/c1-2-20-17-16(12-13-8-4-3-5-9-13)18-14-10-6-7-11-15(14)19-17/h3-11H,2,12H2,1H3. The van der Waals surface area contributed by atoms with Crippen LogP contribution in [-0.2, 0) is 6.42 Å². The monoisotopic (exact) mass is 264 g/mol. The summed E-state index contributed by atoms with van der Waals surface area (Å²) in [6.45, 7) is 2.55. The van der Waals surface area contributed by atoms with E-state index in [1.165, 1.54) is 5.56 Å². The van der Waals surface area contributed by atoms with Gasteiger partial charge in [0, 0.05) is 6.42 Å². The van der Waals surface area contributed by atoms with Gasteiger partial charge in [0.25, 0.3) is 0 Å². The van der Waals surface area contributed by atoms with Crippen LogP contribution < -0.4 is 4.74 Å². The van der Waals surface area contributed by atoms with Crippen molar-refractivity contribution in [1.82, 2.24) is 9.97 Å². The van der Waals surface area contributed by atoms with Crippen LogP contribution in [0.4, 0.5) is 0 Å². The summed E-state index contributed by atoms with van der Waals surface area (Å²) in [7, 11) is 0. The van der Waals surface area contributed by atoms with Crippen molar-refractivity contribution >= 4 is 11.0 Å². The van der Waals surface area contributed by atoms with E-state index in [4.69, 9.17) is 9.72 Å². The number of hydrogen-bond acceptors (Lipinski definition) is 3. The van der Waals surface area contributed by atoms with Gasteiger partial charge in [0.2, 0.25) is 5.88 Å². The van der Waals surface area contributed by atoms with E-state index < -0.39 is 0 Å². The molecule has 2 aromatic carbocycles. The molecule has 0 radical (unpaired) electrons. The Kier molecular flexibility index (Phi) is 3.59. The number of benzene rings is 2. The molecule has 0 unspecified atom stereocenters. The van der Waals surface area contributed by atoms with Gasteiger partial charge in [-0.05, 0) is 24.6 Å². The molecular formula is C17H16N2O. The van der Waals surface area contributed by atoms with Crippen LogP contribution >= 0.6 is 0 Å². The molecule has 3 rings (SSSR count). The van der Waals surface area contributed by atoms with Crippen LogP contribution in [0.25, 0.3) is 11.0 Å². The number of hydrogen-bond donors (Lipinski definition) is 0. The molecule has 0 amide bonds. The van der Waals surface area contributed by atoms with E-state index in [9.17, 15) is 0 Å². The van der Waals surface area contributed by atoms with Crippen molar-refractivity contribution in [2.75, 3.05) is 6.61 Å². The first-order chi connectivity index (χ1) is 9.86. The molecule has 0 aliphatic rings. The Labute approximate surface area is 118 Å². The summed E-state index contributed by atoms with van der Waals surface area (Å²) in [6, 6.07) is 18.1. The van der Waals surface area contributed by atoms with E-state index in [1.807, 2.05) is 49.4 Å². The molecular weight excluding hydrogens is 248 g/mol. The normalized spacial score (nSPS) is 10.7. The average molecular weight is 264 g/mol. The molecule has 0 atom stereocenters. The third-order valence-corrected chi connectivity index (χ3v) is 3.10. The number of nitrogens with zero attached hydrogens (tertiary/aromatic N) is 2.